The molecule has 7 nitrogen and oxygen atoms in total. The van der Waals surface area contributed by atoms with E-state index in [0.29, 0.717) is 17.9 Å². The molecule has 1 aliphatic heterocycles. The molecule has 0 aliphatic carbocycles. The fraction of sp³-hybridized carbons (Fsp3) is 0.444. The van der Waals surface area contributed by atoms with E-state index in [-0.39, 0.29) is 31.2 Å². The van der Waals surface area contributed by atoms with Crippen molar-refractivity contribution in [1.82, 2.24) is 9.80 Å². The van der Waals surface area contributed by atoms with E-state index in [0.717, 1.165) is 11.8 Å². The van der Waals surface area contributed by atoms with E-state index in [1.807, 2.05) is 14.1 Å². The van der Waals surface area contributed by atoms with E-state index < -0.39 is 5.63 Å². The van der Waals surface area contributed by atoms with Crippen LogP contribution in [0.1, 0.15) is 6.42 Å². The van der Waals surface area contributed by atoms with Crippen LogP contribution in [0.2, 0.25) is 0 Å². The molecule has 0 spiro atoms. The van der Waals surface area contributed by atoms with Crippen LogP contribution in [-0.4, -0.2) is 66.8 Å². The summed E-state index contributed by atoms with van der Waals surface area (Å²) in [6.07, 6.45) is 0.746. The van der Waals surface area contributed by atoms with Gasteiger partial charge in [0.2, 0.25) is 0 Å². The Bertz CT molecular complexity index is 816. The lowest BCUT2D eigenvalue weighted by molar-refractivity contribution is -0.135. The van der Waals surface area contributed by atoms with Gasteiger partial charge >= 0.3 is 5.63 Å². The van der Waals surface area contributed by atoms with Crippen LogP contribution >= 0.6 is 0 Å². The summed E-state index contributed by atoms with van der Waals surface area (Å²) in [6, 6.07) is 8.18. The zero-order valence-electron chi connectivity index (χ0n) is 14.3. The van der Waals surface area contributed by atoms with E-state index in [9.17, 15) is 14.7 Å². The van der Waals surface area contributed by atoms with Gasteiger partial charge in [0.15, 0.2) is 6.61 Å². The molecule has 3 rings (SSSR count). The Hall–Kier alpha value is -2.38. The Kier molecular flexibility index (Phi) is 5.06. The van der Waals surface area contributed by atoms with Crippen molar-refractivity contribution in [1.29, 1.82) is 0 Å². The largest absolute Gasteiger partial charge is 0.484 e. The average molecular weight is 346 g/mol. The first-order valence-electron chi connectivity index (χ1n) is 8.21. The fourth-order valence-corrected chi connectivity index (χ4v) is 3.10. The number of hydrogen-bond donors (Lipinski definition) is 1. The van der Waals surface area contributed by atoms with E-state index in [2.05, 4.69) is 4.90 Å². The summed E-state index contributed by atoms with van der Waals surface area (Å²) in [5.74, 6) is 0.289. The molecule has 2 heterocycles. The average Bonchev–Trinajstić information content (AvgIpc) is 3.04. The van der Waals surface area contributed by atoms with Gasteiger partial charge in [0.1, 0.15) is 11.3 Å². The minimum atomic E-state index is -0.432. The first-order chi connectivity index (χ1) is 12.0. The zero-order valence-corrected chi connectivity index (χ0v) is 14.3. The van der Waals surface area contributed by atoms with Crippen molar-refractivity contribution in [3.05, 3.63) is 40.8 Å². The van der Waals surface area contributed by atoms with Crippen LogP contribution in [0.15, 0.2) is 39.5 Å². The molecule has 134 valence electrons. The molecule has 1 saturated heterocycles. The third kappa shape index (κ3) is 3.83. The number of carbonyl (C=O) groups excluding carboxylic acids is 1. The lowest BCUT2D eigenvalue weighted by Gasteiger charge is -2.23. The molecule has 25 heavy (non-hydrogen) atoms. The fourth-order valence-electron chi connectivity index (χ4n) is 3.10. The molecule has 0 radical (unpaired) electrons. The monoisotopic (exact) mass is 346 g/mol. The molecule has 1 amide bonds. The summed E-state index contributed by atoms with van der Waals surface area (Å²) in [5, 5.41) is 10.3. The van der Waals surface area contributed by atoms with Gasteiger partial charge in [-0.1, -0.05) is 0 Å². The van der Waals surface area contributed by atoms with Crippen LogP contribution in [0.5, 0.6) is 5.75 Å². The Balaban J connectivity index is 1.66. The Labute approximate surface area is 145 Å². The summed E-state index contributed by atoms with van der Waals surface area (Å²) in [4.78, 5) is 27.5. The van der Waals surface area contributed by atoms with Gasteiger partial charge in [0, 0.05) is 30.1 Å². The minimum absolute atomic E-state index is 0.0583. The van der Waals surface area contributed by atoms with E-state index >= 15 is 0 Å². The predicted molar refractivity (Wildman–Crippen MR) is 92.7 cm³/mol. The highest BCUT2D eigenvalue weighted by molar-refractivity contribution is 5.80. The van der Waals surface area contributed by atoms with Crippen LogP contribution in [0.4, 0.5) is 0 Å². The zero-order chi connectivity index (χ0) is 18.0. The second-order valence-corrected chi connectivity index (χ2v) is 6.48. The molecule has 0 bridgehead atoms. The Morgan fingerprint density at radius 1 is 1.36 bits per heavy atom. The third-order valence-corrected chi connectivity index (χ3v) is 4.61. The molecule has 1 aromatic carbocycles. The minimum Gasteiger partial charge on any atom is -0.484 e. The summed E-state index contributed by atoms with van der Waals surface area (Å²) in [5.41, 5.74) is -0.0159. The second-order valence-electron chi connectivity index (χ2n) is 6.48. The normalized spacial score (nSPS) is 20.4. The van der Waals surface area contributed by atoms with Crippen molar-refractivity contribution in [2.24, 2.45) is 0 Å². The maximum absolute atomic E-state index is 12.5. The Morgan fingerprint density at radius 3 is 2.84 bits per heavy atom. The lowest BCUT2D eigenvalue weighted by Crippen LogP contribution is -2.41. The molecule has 1 aromatic heterocycles. The van der Waals surface area contributed by atoms with Gasteiger partial charge in [-0.3, -0.25) is 4.79 Å². The van der Waals surface area contributed by atoms with E-state index in [1.54, 1.807) is 29.2 Å². The molecular formula is C18H22N2O5. The van der Waals surface area contributed by atoms with Gasteiger partial charge in [-0.2, -0.15) is 0 Å². The maximum atomic E-state index is 12.5. The van der Waals surface area contributed by atoms with Crippen molar-refractivity contribution >= 4 is 16.9 Å². The quantitative estimate of drug-likeness (QED) is 0.803. The molecular weight excluding hydrogens is 324 g/mol. The number of likely N-dealkylation sites (N-methyl/N-ethyl adjacent to an activating group) is 1. The SMILES string of the molecule is CN(C)[C@@H]1C[C@@H](CO)N(C(=O)COc2ccc3ccc(=O)oc3c2)C1. The lowest BCUT2D eigenvalue weighted by atomic mass is 10.2. The third-order valence-electron chi connectivity index (χ3n) is 4.61. The smallest absolute Gasteiger partial charge is 0.336 e. The first-order valence-corrected chi connectivity index (χ1v) is 8.21. The number of rotatable bonds is 5. The van der Waals surface area contributed by atoms with Crippen LogP contribution < -0.4 is 10.4 Å². The van der Waals surface area contributed by atoms with Crippen molar-refractivity contribution in [2.45, 2.75) is 18.5 Å². The van der Waals surface area contributed by atoms with Gasteiger partial charge in [-0.05, 0) is 38.7 Å². The number of aliphatic hydroxyl groups is 1. The van der Waals surface area contributed by atoms with Gasteiger partial charge in [0.05, 0.1) is 12.6 Å². The van der Waals surface area contributed by atoms with Crippen molar-refractivity contribution in [3.63, 3.8) is 0 Å². The van der Waals surface area contributed by atoms with Gasteiger partial charge in [-0.15, -0.1) is 0 Å². The highest BCUT2D eigenvalue weighted by Crippen LogP contribution is 2.22. The van der Waals surface area contributed by atoms with Crippen molar-refractivity contribution in [3.8, 4) is 5.75 Å². The molecule has 1 N–H and O–H groups in total. The summed E-state index contributed by atoms with van der Waals surface area (Å²) < 4.78 is 10.7. The predicted octanol–water partition coefficient (Wildman–Crippen LogP) is 0.695. The molecule has 7 heteroatoms. The number of aliphatic hydroxyl groups excluding tert-OH is 1. The number of likely N-dealkylation sites (tertiary alicyclic amines) is 1. The summed E-state index contributed by atoms with van der Waals surface area (Å²) >= 11 is 0. The number of benzene rings is 1. The molecule has 2 aromatic rings. The van der Waals surface area contributed by atoms with E-state index in [1.165, 1.54) is 6.07 Å². The molecule has 0 unspecified atom stereocenters. The number of fused-ring (bicyclic) bond motifs is 1. The van der Waals surface area contributed by atoms with Crippen LogP contribution in [0, 0.1) is 0 Å². The van der Waals surface area contributed by atoms with Crippen LogP contribution in [0.25, 0.3) is 11.0 Å². The topological polar surface area (TPSA) is 83.2 Å². The van der Waals surface area contributed by atoms with Gasteiger partial charge < -0.3 is 24.1 Å². The second kappa shape index (κ2) is 7.25. The highest BCUT2D eigenvalue weighted by atomic mass is 16.5. The highest BCUT2D eigenvalue weighted by Gasteiger charge is 2.35. The molecule has 1 fully saturated rings. The molecule has 2 atom stereocenters. The van der Waals surface area contributed by atoms with Crippen LogP contribution in [0.3, 0.4) is 0 Å². The van der Waals surface area contributed by atoms with E-state index in [4.69, 9.17) is 9.15 Å². The maximum Gasteiger partial charge on any atom is 0.336 e. The van der Waals surface area contributed by atoms with Crippen molar-refractivity contribution < 1.29 is 19.1 Å². The van der Waals surface area contributed by atoms with Crippen LogP contribution in [-0.2, 0) is 4.79 Å². The van der Waals surface area contributed by atoms with Gasteiger partial charge in [-0.25, -0.2) is 4.79 Å². The number of ether oxygens (including phenoxy) is 1. The Morgan fingerprint density at radius 2 is 2.12 bits per heavy atom. The standard InChI is InChI=1S/C18H22N2O5/c1-19(2)13-7-14(10-21)20(9-13)17(22)11-24-15-5-3-12-4-6-18(23)25-16(12)8-15/h3-6,8,13-14,21H,7,9-11H2,1-2H3/t13-,14+/m1/s1. The summed E-state index contributed by atoms with van der Waals surface area (Å²) in [7, 11) is 3.93. The van der Waals surface area contributed by atoms with Crippen molar-refractivity contribution in [2.75, 3.05) is 33.9 Å². The molecule has 0 saturated carbocycles. The van der Waals surface area contributed by atoms with Gasteiger partial charge in [0.25, 0.3) is 5.91 Å². The number of carbonyl (C=O) groups is 1. The number of amides is 1. The number of hydrogen-bond acceptors (Lipinski definition) is 6. The number of nitrogens with zero attached hydrogens (tertiary/aromatic N) is 2. The summed E-state index contributed by atoms with van der Waals surface area (Å²) in [6.45, 7) is 0.392. The molecule has 1 aliphatic rings. The first kappa shape index (κ1) is 17.4.